The smallest absolute Gasteiger partial charge is 0.270 e. The number of nitrogens with zero attached hydrogens (tertiary/aromatic N) is 1. The van der Waals surface area contributed by atoms with Gasteiger partial charge in [-0.1, -0.05) is 6.58 Å². The van der Waals surface area contributed by atoms with E-state index in [1.165, 1.54) is 12.1 Å². The van der Waals surface area contributed by atoms with E-state index in [4.69, 9.17) is 10.5 Å². The molecule has 0 fully saturated rings. The van der Waals surface area contributed by atoms with Crippen LogP contribution in [0.1, 0.15) is 12.5 Å². The highest BCUT2D eigenvalue weighted by Crippen LogP contribution is 2.24. The van der Waals surface area contributed by atoms with Crippen LogP contribution >= 0.6 is 0 Å². The minimum absolute atomic E-state index is 0.0168. The predicted molar refractivity (Wildman–Crippen MR) is 61.3 cm³/mol. The maximum absolute atomic E-state index is 10.6. The largest absolute Gasteiger partial charge is 0.489 e. The van der Waals surface area contributed by atoms with Crippen LogP contribution in [0.25, 0.3) is 0 Å². The van der Waals surface area contributed by atoms with E-state index in [1.807, 2.05) is 6.92 Å². The van der Waals surface area contributed by atoms with Gasteiger partial charge in [0.25, 0.3) is 5.69 Å². The van der Waals surface area contributed by atoms with E-state index in [-0.39, 0.29) is 12.2 Å². The Hall–Kier alpha value is -1.88. The average Bonchev–Trinajstić information content (AvgIpc) is 2.25. The molecule has 0 aliphatic rings. The quantitative estimate of drug-likeness (QED) is 0.469. The highest BCUT2D eigenvalue weighted by atomic mass is 16.6. The van der Waals surface area contributed by atoms with Crippen LogP contribution in [0.3, 0.4) is 0 Å². The van der Waals surface area contributed by atoms with Crippen molar-refractivity contribution in [1.82, 2.24) is 0 Å². The molecule has 0 heterocycles. The fourth-order valence-electron chi connectivity index (χ4n) is 1.18. The molecular weight excluding hydrogens is 208 g/mol. The zero-order valence-corrected chi connectivity index (χ0v) is 9.10. The van der Waals surface area contributed by atoms with E-state index < -0.39 is 4.92 Å². The second kappa shape index (κ2) is 5.27. The van der Waals surface area contributed by atoms with Gasteiger partial charge < -0.3 is 10.5 Å². The average molecular weight is 222 g/mol. The Morgan fingerprint density at radius 1 is 1.62 bits per heavy atom. The molecule has 0 saturated heterocycles. The second-order valence-electron chi connectivity index (χ2n) is 3.50. The fraction of sp³-hybridized carbons (Fsp3) is 0.273. The highest BCUT2D eigenvalue weighted by Gasteiger charge is 2.10. The topological polar surface area (TPSA) is 78.4 Å². The Balaban J connectivity index is 2.93. The van der Waals surface area contributed by atoms with Gasteiger partial charge in [-0.2, -0.15) is 0 Å². The maximum Gasteiger partial charge on any atom is 0.270 e. The van der Waals surface area contributed by atoms with Gasteiger partial charge in [-0.25, -0.2) is 0 Å². The molecular formula is C11H14N2O3. The van der Waals surface area contributed by atoms with Crippen molar-refractivity contribution in [2.75, 3.05) is 6.61 Å². The molecule has 0 unspecified atom stereocenters. The van der Waals surface area contributed by atoms with Crippen molar-refractivity contribution in [2.45, 2.75) is 13.5 Å². The van der Waals surface area contributed by atoms with Crippen LogP contribution in [-0.4, -0.2) is 11.5 Å². The van der Waals surface area contributed by atoms with E-state index >= 15 is 0 Å². The number of rotatable bonds is 5. The molecule has 1 aromatic rings. The number of nitro groups is 1. The fourth-order valence-corrected chi connectivity index (χ4v) is 1.18. The summed E-state index contributed by atoms with van der Waals surface area (Å²) in [7, 11) is 0. The van der Waals surface area contributed by atoms with Crippen molar-refractivity contribution < 1.29 is 9.66 Å². The Labute approximate surface area is 93.7 Å². The van der Waals surface area contributed by atoms with Gasteiger partial charge in [-0.15, -0.1) is 0 Å². The summed E-state index contributed by atoms with van der Waals surface area (Å²) >= 11 is 0. The van der Waals surface area contributed by atoms with E-state index in [2.05, 4.69) is 6.58 Å². The molecule has 5 nitrogen and oxygen atoms in total. The molecule has 0 amide bonds. The monoisotopic (exact) mass is 222 g/mol. The Morgan fingerprint density at radius 3 is 2.81 bits per heavy atom. The number of ether oxygens (including phenoxy) is 1. The minimum atomic E-state index is -0.457. The summed E-state index contributed by atoms with van der Waals surface area (Å²) in [6.07, 6.45) is 0. The van der Waals surface area contributed by atoms with Gasteiger partial charge >= 0.3 is 0 Å². The third-order valence-electron chi connectivity index (χ3n) is 1.95. The first-order valence-corrected chi connectivity index (χ1v) is 4.79. The third kappa shape index (κ3) is 3.06. The number of nitrogens with two attached hydrogens (primary N) is 1. The lowest BCUT2D eigenvalue weighted by molar-refractivity contribution is -0.384. The summed E-state index contributed by atoms with van der Waals surface area (Å²) in [6.45, 7) is 6.13. The zero-order chi connectivity index (χ0) is 12.1. The van der Waals surface area contributed by atoms with Crippen LogP contribution in [0, 0.1) is 10.1 Å². The Morgan fingerprint density at radius 2 is 2.31 bits per heavy atom. The van der Waals surface area contributed by atoms with Crippen LogP contribution in [0.2, 0.25) is 0 Å². The first-order valence-electron chi connectivity index (χ1n) is 4.79. The molecule has 0 aromatic heterocycles. The molecule has 0 bridgehead atoms. The number of benzene rings is 1. The SMILES string of the molecule is C=C(C)COc1ccc([N+](=O)[O-])cc1CN. The molecule has 0 aliphatic carbocycles. The minimum Gasteiger partial charge on any atom is -0.489 e. The van der Waals surface area contributed by atoms with E-state index in [0.29, 0.717) is 17.9 Å². The molecule has 0 spiro atoms. The Bertz CT molecular complexity index is 416. The first-order chi connectivity index (χ1) is 7.54. The number of hydrogen-bond acceptors (Lipinski definition) is 4. The van der Waals surface area contributed by atoms with Crippen LogP contribution in [-0.2, 0) is 6.54 Å². The summed E-state index contributed by atoms with van der Waals surface area (Å²) in [6, 6.07) is 4.38. The summed E-state index contributed by atoms with van der Waals surface area (Å²) in [5.74, 6) is 0.566. The van der Waals surface area contributed by atoms with Gasteiger partial charge in [0.05, 0.1) is 4.92 Å². The van der Waals surface area contributed by atoms with E-state index in [1.54, 1.807) is 6.07 Å². The summed E-state index contributed by atoms with van der Waals surface area (Å²) in [4.78, 5) is 10.1. The van der Waals surface area contributed by atoms with Crippen molar-refractivity contribution in [2.24, 2.45) is 5.73 Å². The van der Waals surface area contributed by atoms with Crippen LogP contribution in [0.5, 0.6) is 5.75 Å². The van der Waals surface area contributed by atoms with Crippen LogP contribution in [0.15, 0.2) is 30.4 Å². The lowest BCUT2D eigenvalue weighted by atomic mass is 10.2. The molecule has 2 N–H and O–H groups in total. The molecule has 0 atom stereocenters. The molecule has 0 aliphatic heterocycles. The molecule has 86 valence electrons. The molecule has 16 heavy (non-hydrogen) atoms. The maximum atomic E-state index is 10.6. The molecule has 0 radical (unpaired) electrons. The second-order valence-corrected chi connectivity index (χ2v) is 3.50. The molecule has 0 saturated carbocycles. The molecule has 1 rings (SSSR count). The summed E-state index contributed by atoms with van der Waals surface area (Å²) < 4.78 is 5.42. The normalized spacial score (nSPS) is 9.88. The van der Waals surface area contributed by atoms with Crippen molar-refractivity contribution in [3.63, 3.8) is 0 Å². The van der Waals surface area contributed by atoms with Gasteiger partial charge in [0, 0.05) is 24.2 Å². The molecule has 1 aromatic carbocycles. The number of nitro benzene ring substituents is 1. The van der Waals surface area contributed by atoms with Gasteiger partial charge in [0.15, 0.2) is 0 Å². The number of hydrogen-bond donors (Lipinski definition) is 1. The lowest BCUT2D eigenvalue weighted by Crippen LogP contribution is -2.05. The van der Waals surface area contributed by atoms with Gasteiger partial charge in [-0.05, 0) is 18.6 Å². The van der Waals surface area contributed by atoms with Crippen LogP contribution in [0.4, 0.5) is 5.69 Å². The predicted octanol–water partition coefficient (Wildman–Crippen LogP) is 2.01. The summed E-state index contributed by atoms with van der Waals surface area (Å²) in [5, 5.41) is 10.6. The van der Waals surface area contributed by atoms with Gasteiger partial charge in [-0.3, -0.25) is 10.1 Å². The van der Waals surface area contributed by atoms with Crippen LogP contribution < -0.4 is 10.5 Å². The third-order valence-corrected chi connectivity index (χ3v) is 1.95. The zero-order valence-electron chi connectivity index (χ0n) is 9.10. The van der Waals surface area contributed by atoms with E-state index in [0.717, 1.165) is 5.57 Å². The van der Waals surface area contributed by atoms with Gasteiger partial charge in [0.1, 0.15) is 12.4 Å². The van der Waals surface area contributed by atoms with Crippen molar-refractivity contribution in [3.05, 3.63) is 46.0 Å². The van der Waals surface area contributed by atoms with Crippen molar-refractivity contribution in [1.29, 1.82) is 0 Å². The number of non-ortho nitro benzene ring substituents is 1. The van der Waals surface area contributed by atoms with E-state index in [9.17, 15) is 10.1 Å². The van der Waals surface area contributed by atoms with Crippen molar-refractivity contribution >= 4 is 5.69 Å². The molecule has 5 heteroatoms. The first kappa shape index (κ1) is 12.2. The lowest BCUT2D eigenvalue weighted by Gasteiger charge is -2.09. The highest BCUT2D eigenvalue weighted by molar-refractivity contribution is 5.43. The standard InChI is InChI=1S/C11H14N2O3/c1-8(2)7-16-11-4-3-10(13(14)15)5-9(11)6-12/h3-5H,1,6-7,12H2,2H3. The summed E-state index contributed by atoms with van der Waals surface area (Å²) in [5.41, 5.74) is 7.01. The Kier molecular flexibility index (Phi) is 4.02. The van der Waals surface area contributed by atoms with Crippen molar-refractivity contribution in [3.8, 4) is 5.75 Å². The van der Waals surface area contributed by atoms with Gasteiger partial charge in [0.2, 0.25) is 0 Å².